The van der Waals surface area contributed by atoms with E-state index in [4.69, 9.17) is 33.0 Å². The lowest BCUT2D eigenvalue weighted by Gasteiger charge is -2.11. The zero-order valence-electron chi connectivity index (χ0n) is 15.2. The highest BCUT2D eigenvalue weighted by Crippen LogP contribution is 2.23. The number of carbonyl (C=O) groups is 2. The molecule has 0 heterocycles. The summed E-state index contributed by atoms with van der Waals surface area (Å²) in [5.41, 5.74) is 2.15. The van der Waals surface area contributed by atoms with Crippen LogP contribution in [0, 0.1) is 0 Å². The smallest absolute Gasteiger partial charge is 0.335 e. The first-order chi connectivity index (χ1) is 13.9. The van der Waals surface area contributed by atoms with Crippen molar-refractivity contribution >= 4 is 35.1 Å². The molecule has 0 spiro atoms. The van der Waals surface area contributed by atoms with Crippen LogP contribution < -0.4 is 10.1 Å². The molecule has 0 fully saturated rings. The van der Waals surface area contributed by atoms with E-state index in [2.05, 4.69) is 5.32 Å². The van der Waals surface area contributed by atoms with Crippen LogP contribution in [0.3, 0.4) is 0 Å². The topological polar surface area (TPSA) is 75.6 Å². The van der Waals surface area contributed by atoms with Crippen LogP contribution in [0.2, 0.25) is 10.0 Å². The van der Waals surface area contributed by atoms with Gasteiger partial charge in [-0.1, -0.05) is 47.5 Å². The fourth-order valence-corrected chi connectivity index (χ4v) is 3.02. The third kappa shape index (κ3) is 5.73. The zero-order chi connectivity index (χ0) is 20.8. The van der Waals surface area contributed by atoms with Crippen molar-refractivity contribution in [3.05, 3.63) is 99.0 Å². The Kier molecular flexibility index (Phi) is 6.75. The fourth-order valence-electron chi connectivity index (χ4n) is 2.60. The zero-order valence-corrected chi connectivity index (χ0v) is 16.7. The number of carbonyl (C=O) groups excluding carboxylic acids is 1. The van der Waals surface area contributed by atoms with Gasteiger partial charge in [-0.05, 0) is 53.6 Å². The van der Waals surface area contributed by atoms with Crippen molar-refractivity contribution in [1.82, 2.24) is 5.32 Å². The molecule has 0 aromatic heterocycles. The van der Waals surface area contributed by atoms with Gasteiger partial charge >= 0.3 is 5.97 Å². The van der Waals surface area contributed by atoms with Gasteiger partial charge in [0.05, 0.1) is 16.1 Å². The number of carboxylic acid groups (broad SMARTS) is 1. The van der Waals surface area contributed by atoms with E-state index in [9.17, 15) is 9.59 Å². The number of rotatable bonds is 7. The maximum Gasteiger partial charge on any atom is 0.335 e. The first-order valence-corrected chi connectivity index (χ1v) is 9.45. The highest BCUT2D eigenvalue weighted by atomic mass is 35.5. The minimum absolute atomic E-state index is 0.188. The molecule has 3 aromatic rings. The fraction of sp³-hybridized carbons (Fsp3) is 0.0909. The van der Waals surface area contributed by atoms with E-state index >= 15 is 0 Å². The third-order valence-electron chi connectivity index (χ3n) is 4.13. The molecule has 0 bridgehead atoms. The molecule has 7 heteroatoms. The van der Waals surface area contributed by atoms with Gasteiger partial charge in [0.1, 0.15) is 12.4 Å². The molecule has 0 radical (unpaired) electrons. The van der Waals surface area contributed by atoms with Crippen LogP contribution in [0.1, 0.15) is 31.8 Å². The molecule has 0 saturated carbocycles. The summed E-state index contributed by atoms with van der Waals surface area (Å²) in [5, 5.41) is 12.6. The van der Waals surface area contributed by atoms with Crippen LogP contribution in [0.4, 0.5) is 0 Å². The number of nitrogens with one attached hydrogen (secondary N) is 1. The van der Waals surface area contributed by atoms with Crippen LogP contribution in [0.15, 0.2) is 66.7 Å². The van der Waals surface area contributed by atoms with E-state index in [0.717, 1.165) is 11.1 Å². The number of aromatic carboxylic acids is 1. The van der Waals surface area contributed by atoms with Crippen molar-refractivity contribution in [3.63, 3.8) is 0 Å². The molecule has 0 aliphatic rings. The van der Waals surface area contributed by atoms with Gasteiger partial charge in [-0.3, -0.25) is 4.79 Å². The Morgan fingerprint density at radius 2 is 1.69 bits per heavy atom. The summed E-state index contributed by atoms with van der Waals surface area (Å²) in [7, 11) is 0. The number of halogens is 2. The molecule has 3 rings (SSSR count). The predicted octanol–water partition coefficient (Wildman–Crippen LogP) is 5.20. The summed E-state index contributed by atoms with van der Waals surface area (Å²) >= 11 is 12.1. The third-order valence-corrected chi connectivity index (χ3v) is 4.70. The van der Waals surface area contributed by atoms with Crippen LogP contribution in [0.25, 0.3) is 0 Å². The van der Waals surface area contributed by atoms with Gasteiger partial charge in [-0.2, -0.15) is 0 Å². The van der Waals surface area contributed by atoms with Crippen molar-refractivity contribution < 1.29 is 19.4 Å². The lowest BCUT2D eigenvalue weighted by atomic mass is 10.1. The Labute approximate surface area is 177 Å². The van der Waals surface area contributed by atoms with E-state index in [1.165, 1.54) is 12.1 Å². The number of ether oxygens (including phenoxy) is 1. The Morgan fingerprint density at radius 1 is 0.931 bits per heavy atom. The van der Waals surface area contributed by atoms with Gasteiger partial charge in [0, 0.05) is 11.6 Å². The van der Waals surface area contributed by atoms with Gasteiger partial charge in [0.2, 0.25) is 0 Å². The summed E-state index contributed by atoms with van der Waals surface area (Å²) in [4.78, 5) is 23.4. The normalized spacial score (nSPS) is 10.4. The molecule has 148 valence electrons. The molecule has 0 aliphatic heterocycles. The van der Waals surface area contributed by atoms with Gasteiger partial charge < -0.3 is 15.2 Å². The van der Waals surface area contributed by atoms with Crippen LogP contribution in [-0.2, 0) is 13.2 Å². The molecule has 0 saturated heterocycles. The molecule has 5 nitrogen and oxygen atoms in total. The van der Waals surface area contributed by atoms with E-state index in [1.807, 2.05) is 12.1 Å². The Morgan fingerprint density at radius 3 is 2.38 bits per heavy atom. The van der Waals surface area contributed by atoms with E-state index in [-0.39, 0.29) is 23.6 Å². The maximum absolute atomic E-state index is 12.5. The molecule has 3 aromatic carbocycles. The lowest BCUT2D eigenvalue weighted by Crippen LogP contribution is -2.23. The Hall–Kier alpha value is -3.02. The van der Waals surface area contributed by atoms with Gasteiger partial charge in [-0.25, -0.2) is 4.79 Å². The molecule has 0 unspecified atom stereocenters. The second-order valence-electron chi connectivity index (χ2n) is 6.25. The summed E-state index contributed by atoms with van der Waals surface area (Å²) in [6.45, 7) is 0.543. The SMILES string of the molecule is O=C(O)c1ccc(CNC(=O)c2cc(OCc3cccc(Cl)c3)ccc2Cl)cc1. The summed E-state index contributed by atoms with van der Waals surface area (Å²) < 4.78 is 5.74. The standard InChI is InChI=1S/C22H17Cl2NO4/c23-17-3-1-2-15(10-17)13-29-18-8-9-20(24)19(11-18)21(26)25-12-14-4-6-16(7-5-14)22(27)28/h1-11H,12-13H2,(H,25,26)(H,27,28). The van der Waals surface area contributed by atoms with E-state index in [0.29, 0.717) is 22.4 Å². The largest absolute Gasteiger partial charge is 0.489 e. The predicted molar refractivity (Wildman–Crippen MR) is 112 cm³/mol. The quantitative estimate of drug-likeness (QED) is 0.540. The van der Waals surface area contributed by atoms with Crippen LogP contribution >= 0.6 is 23.2 Å². The van der Waals surface area contributed by atoms with Crippen molar-refractivity contribution in [2.75, 3.05) is 0 Å². The van der Waals surface area contributed by atoms with Crippen LogP contribution in [0.5, 0.6) is 5.75 Å². The molecule has 1 amide bonds. The Bertz CT molecular complexity index is 1040. The molecule has 29 heavy (non-hydrogen) atoms. The number of benzene rings is 3. The molecule has 2 N–H and O–H groups in total. The minimum atomic E-state index is -0.998. The van der Waals surface area contributed by atoms with Crippen molar-refractivity contribution in [2.24, 2.45) is 0 Å². The monoisotopic (exact) mass is 429 g/mol. The summed E-state index contributed by atoms with van der Waals surface area (Å²) in [6, 6.07) is 18.5. The number of carboxylic acids is 1. The summed E-state index contributed by atoms with van der Waals surface area (Å²) in [5.74, 6) is -0.849. The average Bonchev–Trinajstić information content (AvgIpc) is 2.71. The van der Waals surface area contributed by atoms with Gasteiger partial charge in [-0.15, -0.1) is 0 Å². The second-order valence-corrected chi connectivity index (χ2v) is 7.09. The molecule has 0 atom stereocenters. The summed E-state index contributed by atoms with van der Waals surface area (Å²) in [6.07, 6.45) is 0. The van der Waals surface area contributed by atoms with Gasteiger partial charge in [0.25, 0.3) is 5.91 Å². The molecular weight excluding hydrogens is 413 g/mol. The van der Waals surface area contributed by atoms with Crippen molar-refractivity contribution in [3.8, 4) is 5.75 Å². The highest BCUT2D eigenvalue weighted by Gasteiger charge is 2.12. The average molecular weight is 430 g/mol. The van der Waals surface area contributed by atoms with Crippen molar-refractivity contribution in [2.45, 2.75) is 13.2 Å². The second kappa shape index (κ2) is 9.45. The van der Waals surface area contributed by atoms with Gasteiger partial charge in [0.15, 0.2) is 0 Å². The van der Waals surface area contributed by atoms with E-state index in [1.54, 1.807) is 42.5 Å². The molecule has 0 aliphatic carbocycles. The highest BCUT2D eigenvalue weighted by molar-refractivity contribution is 6.33. The first kappa shape index (κ1) is 20.7. The Balaban J connectivity index is 1.63. The van der Waals surface area contributed by atoms with Crippen molar-refractivity contribution in [1.29, 1.82) is 0 Å². The first-order valence-electron chi connectivity index (χ1n) is 8.69. The van der Waals surface area contributed by atoms with E-state index < -0.39 is 5.97 Å². The maximum atomic E-state index is 12.5. The number of amides is 1. The number of hydrogen-bond donors (Lipinski definition) is 2. The lowest BCUT2D eigenvalue weighted by molar-refractivity contribution is 0.0696. The minimum Gasteiger partial charge on any atom is -0.489 e. The molecular formula is C22H17Cl2NO4. The van der Waals surface area contributed by atoms with Crippen LogP contribution in [-0.4, -0.2) is 17.0 Å². The number of hydrogen-bond acceptors (Lipinski definition) is 3.